The van der Waals surface area contributed by atoms with Gasteiger partial charge in [0.2, 0.25) is 5.91 Å². The van der Waals surface area contributed by atoms with Gasteiger partial charge in [-0.25, -0.2) is 4.68 Å². The number of furan rings is 1. The molecule has 3 aromatic heterocycles. The molecule has 3 heterocycles. The molecule has 4 rings (SSSR count). The fourth-order valence-corrected chi connectivity index (χ4v) is 4.02. The summed E-state index contributed by atoms with van der Waals surface area (Å²) in [6.45, 7) is 6.61. The van der Waals surface area contributed by atoms with Crippen molar-refractivity contribution in [1.82, 2.24) is 24.5 Å². The summed E-state index contributed by atoms with van der Waals surface area (Å²) in [5, 5.41) is 16.6. The van der Waals surface area contributed by atoms with Gasteiger partial charge in [0.05, 0.1) is 29.1 Å². The fourth-order valence-electron chi connectivity index (χ4n) is 3.22. The van der Waals surface area contributed by atoms with Crippen LogP contribution in [0.1, 0.15) is 18.3 Å². The number of anilines is 1. The first-order valence-corrected chi connectivity index (χ1v) is 10.6. The van der Waals surface area contributed by atoms with Crippen molar-refractivity contribution in [1.29, 1.82) is 0 Å². The van der Waals surface area contributed by atoms with E-state index in [2.05, 4.69) is 20.6 Å². The Morgan fingerprint density at radius 3 is 2.70 bits per heavy atom. The van der Waals surface area contributed by atoms with E-state index in [-0.39, 0.29) is 11.7 Å². The predicted molar refractivity (Wildman–Crippen MR) is 116 cm³/mol. The van der Waals surface area contributed by atoms with Crippen molar-refractivity contribution in [2.75, 3.05) is 11.1 Å². The van der Waals surface area contributed by atoms with Crippen molar-refractivity contribution < 1.29 is 9.21 Å². The Labute approximate surface area is 178 Å². The summed E-state index contributed by atoms with van der Waals surface area (Å²) in [6, 6.07) is 13.3. The van der Waals surface area contributed by atoms with Gasteiger partial charge in [0.15, 0.2) is 16.7 Å². The number of carbonyl (C=O) groups excluding carboxylic acids is 1. The second kappa shape index (κ2) is 8.58. The molecule has 8 nitrogen and oxygen atoms in total. The first-order chi connectivity index (χ1) is 14.6. The molecule has 0 unspecified atom stereocenters. The van der Waals surface area contributed by atoms with Crippen molar-refractivity contribution in [2.45, 2.75) is 32.5 Å². The zero-order valence-electron chi connectivity index (χ0n) is 17.0. The van der Waals surface area contributed by atoms with Gasteiger partial charge in [0.1, 0.15) is 0 Å². The molecule has 0 spiro atoms. The van der Waals surface area contributed by atoms with E-state index in [0.717, 1.165) is 17.1 Å². The largest absolute Gasteiger partial charge is 0.461 e. The third-order valence-electron chi connectivity index (χ3n) is 4.52. The number of nitrogens with zero attached hydrogens (tertiary/aromatic N) is 5. The predicted octanol–water partition coefficient (Wildman–Crippen LogP) is 4.09. The molecule has 1 aromatic carbocycles. The Bertz CT molecular complexity index is 1160. The maximum absolute atomic E-state index is 12.7. The number of benzene rings is 1. The third-order valence-corrected chi connectivity index (χ3v) is 5.49. The van der Waals surface area contributed by atoms with Crippen molar-refractivity contribution in [3.63, 3.8) is 0 Å². The lowest BCUT2D eigenvalue weighted by Crippen LogP contribution is -2.16. The number of hydrogen-bond acceptors (Lipinski definition) is 6. The van der Waals surface area contributed by atoms with Gasteiger partial charge in [-0.3, -0.25) is 9.36 Å². The summed E-state index contributed by atoms with van der Waals surface area (Å²) >= 11 is 1.34. The molecule has 9 heteroatoms. The van der Waals surface area contributed by atoms with Crippen LogP contribution < -0.4 is 5.32 Å². The van der Waals surface area contributed by atoms with E-state index in [0.29, 0.717) is 29.0 Å². The molecule has 0 radical (unpaired) electrons. The normalized spacial score (nSPS) is 11.0. The first-order valence-electron chi connectivity index (χ1n) is 9.59. The van der Waals surface area contributed by atoms with Crippen LogP contribution in [0.4, 0.5) is 5.69 Å². The number of para-hydroxylation sites is 2. The van der Waals surface area contributed by atoms with E-state index in [1.807, 2.05) is 72.5 Å². The van der Waals surface area contributed by atoms with Crippen molar-refractivity contribution in [3.8, 4) is 17.3 Å². The molecule has 0 saturated carbocycles. The summed E-state index contributed by atoms with van der Waals surface area (Å²) < 4.78 is 9.19. The SMILES string of the molecule is CCn1c(SCC(=O)Nc2ccccc2-n2nc(C)cc2C)nnc1-c1ccco1. The minimum atomic E-state index is -0.126. The van der Waals surface area contributed by atoms with E-state index >= 15 is 0 Å². The Morgan fingerprint density at radius 2 is 2.00 bits per heavy atom. The number of aryl methyl sites for hydroxylation is 2. The zero-order chi connectivity index (χ0) is 21.1. The fraction of sp³-hybridized carbons (Fsp3) is 0.238. The maximum atomic E-state index is 12.7. The number of amides is 1. The van der Waals surface area contributed by atoms with Gasteiger partial charge in [0.25, 0.3) is 0 Å². The standard InChI is InChI=1S/C21H22N6O2S/c1-4-26-20(18-10-7-11-29-18)23-24-21(26)30-13-19(28)22-16-8-5-6-9-17(16)27-15(3)12-14(2)25-27/h5-12H,4,13H2,1-3H3,(H,22,28). The molecule has 0 aliphatic carbocycles. The van der Waals surface area contributed by atoms with E-state index in [9.17, 15) is 4.79 Å². The van der Waals surface area contributed by atoms with Crippen LogP contribution in [0.15, 0.2) is 58.3 Å². The highest BCUT2D eigenvalue weighted by Crippen LogP contribution is 2.25. The third kappa shape index (κ3) is 4.02. The van der Waals surface area contributed by atoms with Crippen molar-refractivity contribution in [2.24, 2.45) is 0 Å². The van der Waals surface area contributed by atoms with Gasteiger partial charge < -0.3 is 9.73 Å². The highest BCUT2D eigenvalue weighted by Gasteiger charge is 2.17. The van der Waals surface area contributed by atoms with Crippen molar-refractivity contribution in [3.05, 3.63) is 60.1 Å². The van der Waals surface area contributed by atoms with Crippen LogP contribution in [0.2, 0.25) is 0 Å². The average molecular weight is 423 g/mol. The highest BCUT2D eigenvalue weighted by molar-refractivity contribution is 7.99. The van der Waals surface area contributed by atoms with Crippen LogP contribution in [-0.2, 0) is 11.3 Å². The smallest absolute Gasteiger partial charge is 0.234 e. The summed E-state index contributed by atoms with van der Waals surface area (Å²) in [6.07, 6.45) is 1.60. The molecule has 0 aliphatic rings. The van der Waals surface area contributed by atoms with Crippen LogP contribution in [0.3, 0.4) is 0 Å². The Balaban J connectivity index is 1.48. The lowest BCUT2D eigenvalue weighted by atomic mass is 10.2. The average Bonchev–Trinajstić information content (AvgIpc) is 3.46. The molecule has 0 saturated heterocycles. The van der Waals surface area contributed by atoms with Gasteiger partial charge in [-0.1, -0.05) is 23.9 Å². The molecule has 154 valence electrons. The van der Waals surface area contributed by atoms with E-state index in [4.69, 9.17) is 4.42 Å². The zero-order valence-corrected chi connectivity index (χ0v) is 17.8. The van der Waals surface area contributed by atoms with Gasteiger partial charge in [-0.15, -0.1) is 10.2 Å². The number of rotatable bonds is 7. The van der Waals surface area contributed by atoms with Crippen molar-refractivity contribution >= 4 is 23.4 Å². The molecule has 4 aromatic rings. The number of carbonyl (C=O) groups is 1. The monoisotopic (exact) mass is 422 g/mol. The maximum Gasteiger partial charge on any atom is 0.234 e. The summed E-state index contributed by atoms with van der Waals surface area (Å²) in [4.78, 5) is 12.7. The second-order valence-electron chi connectivity index (χ2n) is 6.72. The molecule has 30 heavy (non-hydrogen) atoms. The van der Waals surface area contributed by atoms with E-state index in [1.165, 1.54) is 11.8 Å². The van der Waals surface area contributed by atoms with Crippen LogP contribution in [-0.4, -0.2) is 36.2 Å². The lowest BCUT2D eigenvalue weighted by molar-refractivity contribution is -0.113. The minimum absolute atomic E-state index is 0.126. The van der Waals surface area contributed by atoms with E-state index < -0.39 is 0 Å². The van der Waals surface area contributed by atoms with Crippen LogP contribution >= 0.6 is 11.8 Å². The quantitative estimate of drug-likeness (QED) is 0.451. The number of nitrogens with one attached hydrogen (secondary N) is 1. The van der Waals surface area contributed by atoms with Gasteiger partial charge in [-0.05, 0) is 51.1 Å². The highest BCUT2D eigenvalue weighted by atomic mass is 32.2. The Morgan fingerprint density at radius 1 is 1.17 bits per heavy atom. The topological polar surface area (TPSA) is 90.8 Å². The number of thioether (sulfide) groups is 1. The van der Waals surface area contributed by atoms with Crippen LogP contribution in [0.25, 0.3) is 17.3 Å². The Hall–Kier alpha value is -3.33. The van der Waals surface area contributed by atoms with Gasteiger partial charge in [0, 0.05) is 12.2 Å². The molecular weight excluding hydrogens is 400 g/mol. The number of aromatic nitrogens is 5. The first kappa shape index (κ1) is 20.0. The summed E-state index contributed by atoms with van der Waals surface area (Å²) in [5.41, 5.74) is 3.47. The van der Waals surface area contributed by atoms with E-state index in [1.54, 1.807) is 6.26 Å². The summed E-state index contributed by atoms with van der Waals surface area (Å²) in [7, 11) is 0. The van der Waals surface area contributed by atoms with Crippen LogP contribution in [0.5, 0.6) is 0 Å². The number of hydrogen-bond donors (Lipinski definition) is 1. The molecule has 0 atom stereocenters. The molecule has 0 fully saturated rings. The molecule has 1 amide bonds. The lowest BCUT2D eigenvalue weighted by Gasteiger charge is -2.12. The molecule has 1 N–H and O–H groups in total. The molecule has 0 bridgehead atoms. The minimum Gasteiger partial charge on any atom is -0.461 e. The molecular formula is C21H22N6O2S. The van der Waals surface area contributed by atoms with Crippen LogP contribution in [0, 0.1) is 13.8 Å². The van der Waals surface area contributed by atoms with Gasteiger partial charge >= 0.3 is 0 Å². The molecule has 0 aliphatic heterocycles. The van der Waals surface area contributed by atoms with Gasteiger partial charge in [-0.2, -0.15) is 5.10 Å². The Kier molecular flexibility index (Phi) is 5.71. The summed E-state index contributed by atoms with van der Waals surface area (Å²) in [5.74, 6) is 1.39. The second-order valence-corrected chi connectivity index (χ2v) is 7.66.